The van der Waals surface area contributed by atoms with Gasteiger partial charge in [-0.2, -0.15) is 15.3 Å². The number of benzene rings is 3. The first kappa shape index (κ1) is 57.0. The van der Waals surface area contributed by atoms with Crippen molar-refractivity contribution >= 4 is 17.9 Å². The fourth-order valence-corrected chi connectivity index (χ4v) is 9.36. The van der Waals surface area contributed by atoms with E-state index in [0.29, 0.717) is 71.4 Å². The van der Waals surface area contributed by atoms with Crippen LogP contribution in [-0.4, -0.2) is 77.5 Å². The molecule has 11 rings (SSSR count). The third kappa shape index (κ3) is 12.7. The van der Waals surface area contributed by atoms with Crippen LogP contribution in [0.4, 0.5) is 8.78 Å². The number of ketones is 2. The molecule has 0 aliphatic heterocycles. The molecule has 2 aliphatic rings. The lowest BCUT2D eigenvalue weighted by Gasteiger charge is -2.15. The second-order valence-corrected chi connectivity index (χ2v) is 19.5. The maximum absolute atomic E-state index is 13.9. The Labute approximate surface area is 461 Å². The zero-order chi connectivity index (χ0) is 57.0. The van der Waals surface area contributed by atoms with E-state index in [2.05, 4.69) is 57.9 Å². The minimum atomic E-state index is -0.395. The number of aromatic nitrogens is 9. The molecular weight excluding hydrogens is 1020 g/mol. The van der Waals surface area contributed by atoms with Crippen LogP contribution in [0, 0.1) is 11.6 Å². The van der Waals surface area contributed by atoms with Crippen LogP contribution in [0.15, 0.2) is 134 Å². The molecule has 412 valence electrons. The molecule has 0 spiro atoms. The number of aldehydes is 1. The van der Waals surface area contributed by atoms with E-state index in [-0.39, 0.29) is 78.0 Å². The standard InChI is InChI=1S/C21H20FN3O2.C19H19N3O3.C12H15N3O.C9H7FO2/c1-13(2)25-17(9-11-24-25)21-14(4-3-10-23-21)12-27-19-8-6-16(22)15-5-7-18(26)20(15)19;1-13(2)22-16(8-10-21-22)19-18(7-4-9-20-19)25-12-14-5-3-6-17(24)15(14)11-23;1-9(2)15-11(5-7-14-15)12-10(8-16)4-3-6-13-12;10-6-2-4-8(12)9-5(6)1-3-7(9)11/h3-4,6,8-11,13H,5,7,12H2,1-2H3;3-11,13,24H,12H2,1-2H3;3-7,9,16H,8H2,1-2H3;2,4,12H,1,3H2. The van der Waals surface area contributed by atoms with Crippen molar-refractivity contribution < 1.29 is 48.0 Å². The number of halogens is 2. The Balaban J connectivity index is 0.000000146. The molecule has 3 N–H and O–H groups in total. The van der Waals surface area contributed by atoms with Crippen molar-refractivity contribution in [2.24, 2.45) is 0 Å². The van der Waals surface area contributed by atoms with Gasteiger partial charge in [-0.15, -0.1) is 0 Å². The smallest absolute Gasteiger partial charge is 0.167 e. The van der Waals surface area contributed by atoms with Crippen molar-refractivity contribution in [3.05, 3.63) is 190 Å². The summed E-state index contributed by atoms with van der Waals surface area (Å²) < 4.78 is 44.5. The number of rotatable bonds is 14. The van der Waals surface area contributed by atoms with Gasteiger partial charge in [0.1, 0.15) is 53.5 Å². The quantitative estimate of drug-likeness (QED) is 0.0862. The number of phenols is 2. The van der Waals surface area contributed by atoms with Gasteiger partial charge >= 0.3 is 0 Å². The van der Waals surface area contributed by atoms with Gasteiger partial charge < -0.3 is 24.8 Å². The lowest BCUT2D eigenvalue weighted by atomic mass is 10.1. The van der Waals surface area contributed by atoms with E-state index < -0.39 is 5.82 Å². The van der Waals surface area contributed by atoms with Crippen molar-refractivity contribution in [1.29, 1.82) is 0 Å². The van der Waals surface area contributed by atoms with Crippen LogP contribution in [-0.2, 0) is 32.7 Å². The first-order valence-electron chi connectivity index (χ1n) is 26.1. The van der Waals surface area contributed by atoms with E-state index in [9.17, 15) is 38.5 Å². The fraction of sp³-hybridized carbons (Fsp3) is 0.262. The van der Waals surface area contributed by atoms with Crippen molar-refractivity contribution in [2.45, 2.75) is 105 Å². The van der Waals surface area contributed by atoms with E-state index >= 15 is 0 Å². The number of carbonyl (C=O) groups is 3. The first-order chi connectivity index (χ1) is 38.6. The minimum Gasteiger partial charge on any atom is -0.507 e. The average molecular weight is 1090 g/mol. The normalized spacial score (nSPS) is 12.3. The van der Waals surface area contributed by atoms with Crippen LogP contribution in [0.3, 0.4) is 0 Å². The third-order valence-electron chi connectivity index (χ3n) is 13.2. The third-order valence-corrected chi connectivity index (χ3v) is 13.2. The monoisotopic (exact) mass is 1090 g/mol. The van der Waals surface area contributed by atoms with E-state index in [0.717, 1.165) is 39.6 Å². The molecule has 17 nitrogen and oxygen atoms in total. The number of hydrogen-bond acceptors (Lipinski definition) is 14. The summed E-state index contributed by atoms with van der Waals surface area (Å²) in [5, 5.41) is 41.3. The first-order valence-corrected chi connectivity index (χ1v) is 26.1. The molecular formula is C61H61F2N9O8. The van der Waals surface area contributed by atoms with Gasteiger partial charge in [0.2, 0.25) is 0 Å². The van der Waals surface area contributed by atoms with Gasteiger partial charge in [0, 0.05) is 96.0 Å². The van der Waals surface area contributed by atoms with Gasteiger partial charge in [-0.05, 0) is 127 Å². The summed E-state index contributed by atoms with van der Waals surface area (Å²) in [7, 11) is 0. The highest BCUT2D eigenvalue weighted by Crippen LogP contribution is 2.35. The molecule has 0 saturated carbocycles. The number of aliphatic hydroxyl groups is 1. The zero-order valence-corrected chi connectivity index (χ0v) is 45.1. The molecule has 0 bridgehead atoms. The van der Waals surface area contributed by atoms with Gasteiger partial charge in [-0.25, -0.2) is 8.78 Å². The summed E-state index contributed by atoms with van der Waals surface area (Å²) in [6.07, 6.45) is 12.5. The van der Waals surface area contributed by atoms with E-state index in [4.69, 9.17) is 9.47 Å². The summed E-state index contributed by atoms with van der Waals surface area (Å²) in [5.74, 6) is -0.106. The van der Waals surface area contributed by atoms with Gasteiger partial charge in [0.15, 0.2) is 17.9 Å². The van der Waals surface area contributed by atoms with Crippen LogP contribution in [0.5, 0.6) is 23.0 Å². The topological polar surface area (TPSA) is 222 Å². The lowest BCUT2D eigenvalue weighted by Crippen LogP contribution is -2.08. The van der Waals surface area contributed by atoms with Gasteiger partial charge in [0.05, 0.1) is 51.8 Å². The number of hydrogen-bond donors (Lipinski definition) is 3. The molecule has 0 radical (unpaired) electrons. The summed E-state index contributed by atoms with van der Waals surface area (Å²) >= 11 is 0. The molecule has 6 aromatic heterocycles. The van der Waals surface area contributed by atoms with Gasteiger partial charge in [-0.1, -0.05) is 24.3 Å². The number of carbonyl (C=O) groups excluding carboxylic acids is 3. The molecule has 0 amide bonds. The molecule has 3 aromatic carbocycles. The largest absolute Gasteiger partial charge is 0.507 e. The van der Waals surface area contributed by atoms with Crippen LogP contribution in [0.1, 0.15) is 131 Å². The second-order valence-electron chi connectivity index (χ2n) is 19.5. The average Bonchev–Trinajstić information content (AvgIpc) is 4.38. The van der Waals surface area contributed by atoms with Gasteiger partial charge in [-0.3, -0.25) is 43.4 Å². The molecule has 19 heteroatoms. The summed E-state index contributed by atoms with van der Waals surface area (Å²) in [6, 6.07) is 27.7. The number of nitrogens with zero attached hydrogens (tertiary/aromatic N) is 9. The molecule has 0 saturated heterocycles. The fourth-order valence-electron chi connectivity index (χ4n) is 9.36. The summed E-state index contributed by atoms with van der Waals surface area (Å²) in [4.78, 5) is 47.7. The molecule has 9 aromatic rings. The van der Waals surface area contributed by atoms with Crippen LogP contribution in [0.25, 0.3) is 34.2 Å². The Morgan fingerprint density at radius 1 is 0.512 bits per heavy atom. The molecule has 80 heavy (non-hydrogen) atoms. The number of aromatic hydroxyl groups is 2. The van der Waals surface area contributed by atoms with E-state index in [1.54, 1.807) is 55.4 Å². The number of ether oxygens (including phenoxy) is 2. The number of aliphatic hydroxyl groups excluding tert-OH is 1. The Morgan fingerprint density at radius 3 is 1.52 bits per heavy atom. The van der Waals surface area contributed by atoms with Crippen molar-refractivity contribution in [3.8, 4) is 57.2 Å². The second kappa shape index (κ2) is 25.9. The van der Waals surface area contributed by atoms with Crippen molar-refractivity contribution in [3.63, 3.8) is 0 Å². The number of pyridine rings is 3. The molecule has 0 fully saturated rings. The van der Waals surface area contributed by atoms with Crippen LogP contribution < -0.4 is 9.47 Å². The Kier molecular flexibility index (Phi) is 18.5. The Bertz CT molecular complexity index is 3640. The maximum Gasteiger partial charge on any atom is 0.167 e. The number of phenolic OH excluding ortho intramolecular Hbond substituents is 2. The molecule has 2 aliphatic carbocycles. The van der Waals surface area contributed by atoms with E-state index in [1.807, 2.05) is 76.4 Å². The predicted octanol–water partition coefficient (Wildman–Crippen LogP) is 11.7. The SMILES string of the molecule is CC(C)n1nccc1-c1ncccc1CO.CC(C)n1nccc1-c1ncccc1COc1ccc(F)c2c1C(=O)CC2.CC(C)n1nccc1-c1ncccc1OCc1cccc(O)c1C=O.O=C1CCc2c(F)ccc(O)c21. The molecule has 0 atom stereocenters. The minimum absolute atomic E-state index is 0.00749. The molecule has 0 unspecified atom stereocenters. The van der Waals surface area contributed by atoms with Crippen molar-refractivity contribution in [1.82, 2.24) is 44.3 Å². The molecule has 6 heterocycles. The van der Waals surface area contributed by atoms with Crippen molar-refractivity contribution in [2.75, 3.05) is 0 Å². The van der Waals surface area contributed by atoms with Crippen LogP contribution in [0.2, 0.25) is 0 Å². The highest BCUT2D eigenvalue weighted by atomic mass is 19.1. The number of Topliss-reactive ketones (excluding diaryl/α,β-unsaturated/α-hetero) is 2. The highest BCUT2D eigenvalue weighted by Gasteiger charge is 2.28. The predicted molar refractivity (Wildman–Crippen MR) is 295 cm³/mol. The summed E-state index contributed by atoms with van der Waals surface area (Å²) in [6.45, 7) is 12.7. The Morgan fingerprint density at radius 2 is 0.975 bits per heavy atom. The maximum atomic E-state index is 13.9. The zero-order valence-electron chi connectivity index (χ0n) is 45.1. The van der Waals surface area contributed by atoms with E-state index in [1.165, 1.54) is 30.3 Å². The number of fused-ring (bicyclic) bond motifs is 2. The summed E-state index contributed by atoms with van der Waals surface area (Å²) in [5.41, 5.74) is 8.91. The lowest BCUT2D eigenvalue weighted by molar-refractivity contribution is 0.0983. The van der Waals surface area contributed by atoms with Gasteiger partial charge in [0.25, 0.3) is 0 Å². The van der Waals surface area contributed by atoms with Crippen LogP contribution >= 0.6 is 0 Å². The highest BCUT2D eigenvalue weighted by molar-refractivity contribution is 6.03. The Hall–Kier alpha value is -9.23.